The van der Waals surface area contributed by atoms with Gasteiger partial charge in [0, 0.05) is 34.3 Å². The van der Waals surface area contributed by atoms with E-state index in [0.29, 0.717) is 17.6 Å². The zero-order chi connectivity index (χ0) is 28.0. The second-order valence-electron chi connectivity index (χ2n) is 11.7. The van der Waals surface area contributed by atoms with Crippen LogP contribution in [0.3, 0.4) is 0 Å². The number of allylic oxidation sites excluding steroid dienone is 1. The van der Waals surface area contributed by atoms with Gasteiger partial charge in [0.05, 0.1) is 11.0 Å². The maximum Gasteiger partial charge on any atom is 0.238 e. The summed E-state index contributed by atoms with van der Waals surface area (Å²) in [4.78, 5) is 19.6. The highest BCUT2D eigenvalue weighted by atomic mass is 15.2. The Morgan fingerprint density at radius 3 is 2.10 bits per heavy atom. The lowest BCUT2D eigenvalue weighted by molar-refractivity contribution is 0.451. The van der Waals surface area contributed by atoms with E-state index < -0.39 is 0 Å². The van der Waals surface area contributed by atoms with Gasteiger partial charge in [0.1, 0.15) is 0 Å². The summed E-state index contributed by atoms with van der Waals surface area (Å²) in [6.07, 6.45) is 9.63. The first kappa shape index (κ1) is 25.3. The van der Waals surface area contributed by atoms with Gasteiger partial charge in [-0.2, -0.15) is 9.97 Å². The number of benzene rings is 3. The summed E-state index contributed by atoms with van der Waals surface area (Å²) >= 11 is 0. The third kappa shape index (κ3) is 4.51. The Kier molecular flexibility index (Phi) is 6.23. The molecule has 5 nitrogen and oxygen atoms in total. The molecule has 0 amide bonds. The van der Waals surface area contributed by atoms with Crippen molar-refractivity contribution in [3.05, 3.63) is 109 Å². The van der Waals surface area contributed by atoms with Gasteiger partial charge in [-0.3, -0.25) is 9.55 Å². The number of hydrogen-bond acceptors (Lipinski definition) is 4. The van der Waals surface area contributed by atoms with Crippen LogP contribution in [0.15, 0.2) is 97.8 Å². The minimum absolute atomic E-state index is 0.0432. The smallest absolute Gasteiger partial charge is 0.238 e. The number of aromatic nitrogens is 5. The van der Waals surface area contributed by atoms with E-state index >= 15 is 0 Å². The molecule has 3 heterocycles. The van der Waals surface area contributed by atoms with Gasteiger partial charge in [-0.15, -0.1) is 0 Å². The largest absolute Gasteiger partial charge is 0.278 e. The Morgan fingerprint density at radius 1 is 0.732 bits per heavy atom. The average Bonchev–Trinajstić information content (AvgIpc) is 3.36. The van der Waals surface area contributed by atoms with Crippen LogP contribution in [0.4, 0.5) is 0 Å². The van der Waals surface area contributed by atoms with E-state index in [2.05, 4.69) is 48.2 Å². The van der Waals surface area contributed by atoms with Gasteiger partial charge in [0.25, 0.3) is 0 Å². The molecule has 0 atom stereocenters. The van der Waals surface area contributed by atoms with Gasteiger partial charge >= 0.3 is 0 Å². The molecular formula is C36H33N5. The van der Waals surface area contributed by atoms with Crippen molar-refractivity contribution in [2.45, 2.75) is 51.4 Å². The summed E-state index contributed by atoms with van der Waals surface area (Å²) in [6.45, 7) is 9.32. The molecule has 202 valence electrons. The van der Waals surface area contributed by atoms with Crippen LogP contribution in [0.5, 0.6) is 0 Å². The molecule has 0 saturated carbocycles. The Labute approximate surface area is 240 Å². The highest BCUT2D eigenvalue weighted by molar-refractivity contribution is 6.09. The number of rotatable bonds is 3. The quantitative estimate of drug-likeness (QED) is 0.227. The predicted molar refractivity (Wildman–Crippen MR) is 168 cm³/mol. The minimum atomic E-state index is 0.0432. The molecule has 1 aliphatic carbocycles. The van der Waals surface area contributed by atoms with Gasteiger partial charge in [-0.1, -0.05) is 93.9 Å². The van der Waals surface area contributed by atoms with Crippen LogP contribution in [-0.4, -0.2) is 24.5 Å². The molecule has 3 aromatic heterocycles. The molecule has 3 aromatic carbocycles. The first-order valence-corrected chi connectivity index (χ1v) is 14.5. The molecule has 41 heavy (non-hydrogen) atoms. The number of fused-ring (bicyclic) bond motifs is 4. The van der Waals surface area contributed by atoms with Crippen LogP contribution in [-0.2, 0) is 5.41 Å². The van der Waals surface area contributed by atoms with Crippen molar-refractivity contribution in [2.24, 2.45) is 0 Å². The van der Waals surface area contributed by atoms with E-state index in [-0.39, 0.29) is 5.41 Å². The van der Waals surface area contributed by atoms with Crippen molar-refractivity contribution in [1.29, 1.82) is 0 Å². The SMILES string of the molecule is C=C1CCCCCC(C)(C)c2cc3c4cnccc4n(-c4nc(-c5ccccc5)nc(-c5ccccc5)n4)c3cc21. The molecule has 6 aromatic rings. The number of hydrogen-bond donors (Lipinski definition) is 0. The van der Waals surface area contributed by atoms with Crippen molar-refractivity contribution < 1.29 is 0 Å². The second-order valence-corrected chi connectivity index (χ2v) is 11.7. The van der Waals surface area contributed by atoms with E-state index in [4.69, 9.17) is 15.0 Å². The topological polar surface area (TPSA) is 56.5 Å². The molecule has 5 heteroatoms. The molecule has 1 aliphatic rings. The molecule has 0 spiro atoms. The van der Waals surface area contributed by atoms with E-state index in [1.165, 1.54) is 36.0 Å². The van der Waals surface area contributed by atoms with Crippen LogP contribution in [0, 0.1) is 0 Å². The summed E-state index contributed by atoms with van der Waals surface area (Å²) in [5, 5.41) is 2.25. The Bertz CT molecular complexity index is 1840. The average molecular weight is 536 g/mol. The number of nitrogens with zero attached hydrogens (tertiary/aromatic N) is 5. The predicted octanol–water partition coefficient (Wildman–Crippen LogP) is 8.95. The minimum Gasteiger partial charge on any atom is -0.278 e. The van der Waals surface area contributed by atoms with Crippen LogP contribution in [0.1, 0.15) is 57.1 Å². The van der Waals surface area contributed by atoms with Crippen molar-refractivity contribution in [3.63, 3.8) is 0 Å². The Hall–Kier alpha value is -4.64. The maximum atomic E-state index is 5.08. The monoisotopic (exact) mass is 535 g/mol. The standard InChI is InChI=1S/C36H33N5/c1-24-13-7-6-12-19-36(2,3)30-21-28-29-23-37-20-18-31(29)41(32(28)22-27(24)30)35-39-33(25-14-8-4-9-15-25)38-34(40-35)26-16-10-5-11-17-26/h4-5,8-11,14-18,20-23H,1,6-7,12-13,19H2,2-3H3. The molecule has 0 bridgehead atoms. The van der Waals surface area contributed by atoms with Crippen molar-refractivity contribution in [2.75, 3.05) is 0 Å². The molecule has 0 fully saturated rings. The third-order valence-corrected chi connectivity index (χ3v) is 8.48. The summed E-state index contributed by atoms with van der Waals surface area (Å²) in [7, 11) is 0. The highest BCUT2D eigenvalue weighted by Crippen LogP contribution is 2.42. The van der Waals surface area contributed by atoms with Gasteiger partial charge < -0.3 is 0 Å². The van der Waals surface area contributed by atoms with Crippen molar-refractivity contribution in [1.82, 2.24) is 24.5 Å². The lowest BCUT2D eigenvalue weighted by Gasteiger charge is -2.28. The second kappa shape index (κ2) is 10.1. The molecule has 0 saturated heterocycles. The molecule has 0 radical (unpaired) electrons. The van der Waals surface area contributed by atoms with Crippen LogP contribution >= 0.6 is 0 Å². The van der Waals surface area contributed by atoms with Gasteiger partial charge in [-0.25, -0.2) is 4.98 Å². The zero-order valence-electron chi connectivity index (χ0n) is 23.6. The fraction of sp³-hybridized carbons (Fsp3) is 0.222. The highest BCUT2D eigenvalue weighted by Gasteiger charge is 2.28. The van der Waals surface area contributed by atoms with Crippen LogP contribution in [0.25, 0.3) is 56.1 Å². The first-order valence-electron chi connectivity index (χ1n) is 14.5. The molecule has 0 N–H and O–H groups in total. The number of pyridine rings is 1. The van der Waals surface area contributed by atoms with Gasteiger partial charge in [0.15, 0.2) is 11.6 Å². The maximum absolute atomic E-state index is 5.08. The Balaban J connectivity index is 1.55. The third-order valence-electron chi connectivity index (χ3n) is 8.48. The van der Waals surface area contributed by atoms with Crippen LogP contribution < -0.4 is 0 Å². The lowest BCUT2D eigenvalue weighted by atomic mass is 9.76. The summed E-state index contributed by atoms with van der Waals surface area (Å²) in [5.41, 5.74) is 7.86. The normalized spacial score (nSPS) is 15.3. The van der Waals surface area contributed by atoms with Crippen LogP contribution in [0.2, 0.25) is 0 Å². The Morgan fingerprint density at radius 2 is 1.41 bits per heavy atom. The molecule has 7 rings (SSSR count). The summed E-state index contributed by atoms with van der Waals surface area (Å²) in [6, 6.07) is 27.0. The zero-order valence-corrected chi connectivity index (χ0v) is 23.6. The summed E-state index contributed by atoms with van der Waals surface area (Å²) in [5.74, 6) is 1.88. The summed E-state index contributed by atoms with van der Waals surface area (Å²) < 4.78 is 2.18. The van der Waals surface area contributed by atoms with E-state index in [9.17, 15) is 0 Å². The molecular weight excluding hydrogens is 502 g/mol. The van der Waals surface area contributed by atoms with Gasteiger partial charge in [0.2, 0.25) is 5.95 Å². The first-order chi connectivity index (χ1) is 20.0. The van der Waals surface area contributed by atoms with Gasteiger partial charge in [-0.05, 0) is 59.6 Å². The van der Waals surface area contributed by atoms with E-state index in [1.807, 2.05) is 73.1 Å². The lowest BCUT2D eigenvalue weighted by Crippen LogP contribution is -2.18. The molecule has 0 unspecified atom stereocenters. The fourth-order valence-electron chi connectivity index (χ4n) is 6.23. The fourth-order valence-corrected chi connectivity index (χ4v) is 6.23. The molecule has 0 aliphatic heterocycles. The van der Waals surface area contributed by atoms with E-state index in [0.717, 1.165) is 45.8 Å². The van der Waals surface area contributed by atoms with Crippen molar-refractivity contribution >= 4 is 27.4 Å². The van der Waals surface area contributed by atoms with E-state index in [1.54, 1.807) is 0 Å². The van der Waals surface area contributed by atoms with Crippen molar-refractivity contribution in [3.8, 4) is 28.7 Å².